The van der Waals surface area contributed by atoms with Crippen molar-refractivity contribution in [2.24, 2.45) is 0 Å². The second-order valence-corrected chi connectivity index (χ2v) is 9.40. The van der Waals surface area contributed by atoms with Gasteiger partial charge in [0.2, 0.25) is 5.91 Å². The van der Waals surface area contributed by atoms with Gasteiger partial charge in [-0.3, -0.25) is 9.69 Å². The molecule has 4 heterocycles. The quantitative estimate of drug-likeness (QED) is 0.466. The van der Waals surface area contributed by atoms with Gasteiger partial charge in [0.15, 0.2) is 0 Å². The SMILES string of the molecule is Cc1c(CN(C)C(=O)/C=C/c2cnc3c(c2)CN2CCC[C@H]2CN3)oc2ccccc12.O=C(O)C(F)(F)F. The van der Waals surface area contributed by atoms with Crippen LogP contribution in [0.4, 0.5) is 19.0 Å². The molecular weight excluding hydrogens is 501 g/mol. The summed E-state index contributed by atoms with van der Waals surface area (Å²) in [4.78, 5) is 30.4. The zero-order chi connectivity index (χ0) is 27.4. The van der Waals surface area contributed by atoms with Crippen molar-refractivity contribution in [2.75, 3.05) is 25.5 Å². The number of aliphatic carboxylic acids is 1. The number of para-hydroxylation sites is 1. The van der Waals surface area contributed by atoms with Crippen LogP contribution in [0.15, 0.2) is 47.0 Å². The Morgan fingerprint density at radius 3 is 2.76 bits per heavy atom. The van der Waals surface area contributed by atoms with Gasteiger partial charge in [-0.15, -0.1) is 0 Å². The van der Waals surface area contributed by atoms with Crippen molar-refractivity contribution in [3.8, 4) is 0 Å². The number of nitrogens with zero attached hydrogens (tertiary/aromatic N) is 3. The van der Waals surface area contributed by atoms with E-state index in [0.717, 1.165) is 53.3 Å². The first-order valence-electron chi connectivity index (χ1n) is 12.2. The fourth-order valence-corrected chi connectivity index (χ4v) is 4.63. The van der Waals surface area contributed by atoms with E-state index >= 15 is 0 Å². The number of carbonyl (C=O) groups excluding carboxylic acids is 1. The number of furan rings is 1. The molecule has 5 rings (SSSR count). The summed E-state index contributed by atoms with van der Waals surface area (Å²) in [5.74, 6) is -1.03. The molecule has 2 aromatic heterocycles. The van der Waals surface area contributed by atoms with Crippen molar-refractivity contribution in [3.05, 3.63) is 65.1 Å². The molecule has 3 aromatic rings. The van der Waals surface area contributed by atoms with E-state index in [4.69, 9.17) is 14.3 Å². The number of aromatic nitrogens is 1. The Morgan fingerprint density at radius 2 is 2.05 bits per heavy atom. The summed E-state index contributed by atoms with van der Waals surface area (Å²) in [5, 5.41) is 11.7. The van der Waals surface area contributed by atoms with Crippen LogP contribution in [0.25, 0.3) is 17.0 Å². The van der Waals surface area contributed by atoms with E-state index in [2.05, 4.69) is 21.3 Å². The van der Waals surface area contributed by atoms with Crippen LogP contribution in [0, 0.1) is 6.92 Å². The average molecular weight is 531 g/mol. The van der Waals surface area contributed by atoms with Crippen LogP contribution >= 0.6 is 0 Å². The van der Waals surface area contributed by atoms with E-state index < -0.39 is 12.1 Å². The normalized spacial score (nSPS) is 17.2. The average Bonchev–Trinajstić information content (AvgIpc) is 3.40. The lowest BCUT2D eigenvalue weighted by Gasteiger charge is -2.20. The van der Waals surface area contributed by atoms with E-state index in [1.165, 1.54) is 18.4 Å². The number of alkyl halides is 3. The summed E-state index contributed by atoms with van der Waals surface area (Å²) in [6.07, 6.45) is 2.73. The number of nitrogens with one attached hydrogen (secondary N) is 1. The van der Waals surface area contributed by atoms with Gasteiger partial charge in [0, 0.05) is 55.0 Å². The number of anilines is 1. The van der Waals surface area contributed by atoms with Crippen LogP contribution in [0.1, 0.15) is 35.3 Å². The molecule has 1 atom stereocenters. The van der Waals surface area contributed by atoms with Gasteiger partial charge in [-0.05, 0) is 50.1 Å². The summed E-state index contributed by atoms with van der Waals surface area (Å²) in [6, 6.07) is 10.7. The number of fused-ring (bicyclic) bond motifs is 3. The number of hydrogen-bond donors (Lipinski definition) is 2. The molecule has 11 heteroatoms. The highest BCUT2D eigenvalue weighted by Gasteiger charge is 2.38. The fraction of sp³-hybridized carbons (Fsp3) is 0.370. The van der Waals surface area contributed by atoms with Crippen LogP contribution in [0.5, 0.6) is 0 Å². The Hall–Kier alpha value is -3.86. The molecule has 1 fully saturated rings. The van der Waals surface area contributed by atoms with E-state index in [9.17, 15) is 18.0 Å². The molecule has 0 aliphatic carbocycles. The molecule has 1 amide bonds. The molecular formula is C27H29F3N4O4. The number of pyridine rings is 1. The summed E-state index contributed by atoms with van der Waals surface area (Å²) < 4.78 is 37.7. The molecule has 0 unspecified atom stereocenters. The van der Waals surface area contributed by atoms with Gasteiger partial charge in [0.05, 0.1) is 6.54 Å². The summed E-state index contributed by atoms with van der Waals surface area (Å²) in [7, 11) is 1.80. The lowest BCUT2D eigenvalue weighted by Crippen LogP contribution is -2.31. The molecule has 2 N–H and O–H groups in total. The van der Waals surface area contributed by atoms with Crippen molar-refractivity contribution < 1.29 is 32.3 Å². The number of rotatable bonds is 4. The number of hydrogen-bond acceptors (Lipinski definition) is 6. The van der Waals surface area contributed by atoms with Gasteiger partial charge >= 0.3 is 12.1 Å². The zero-order valence-corrected chi connectivity index (χ0v) is 21.1. The first-order valence-corrected chi connectivity index (χ1v) is 12.2. The molecule has 38 heavy (non-hydrogen) atoms. The molecule has 2 aliphatic heterocycles. The number of aryl methyl sites for hydroxylation is 1. The van der Waals surface area contributed by atoms with Gasteiger partial charge in [-0.25, -0.2) is 9.78 Å². The largest absolute Gasteiger partial charge is 0.490 e. The van der Waals surface area contributed by atoms with Crippen molar-refractivity contribution in [3.63, 3.8) is 0 Å². The minimum absolute atomic E-state index is 0.0625. The van der Waals surface area contributed by atoms with Crippen LogP contribution in [0.3, 0.4) is 0 Å². The van der Waals surface area contributed by atoms with E-state index in [1.807, 2.05) is 43.5 Å². The fourth-order valence-electron chi connectivity index (χ4n) is 4.63. The predicted octanol–water partition coefficient (Wildman–Crippen LogP) is 4.83. The molecule has 1 aromatic carbocycles. The highest BCUT2D eigenvalue weighted by molar-refractivity contribution is 5.91. The van der Waals surface area contributed by atoms with E-state index in [-0.39, 0.29) is 5.91 Å². The molecule has 0 bridgehead atoms. The maximum absolute atomic E-state index is 12.7. The lowest BCUT2D eigenvalue weighted by molar-refractivity contribution is -0.192. The number of likely N-dealkylation sites (N-methyl/N-ethyl adjacent to an activating group) is 1. The van der Waals surface area contributed by atoms with Crippen molar-refractivity contribution >= 4 is 34.7 Å². The van der Waals surface area contributed by atoms with Crippen LogP contribution in [-0.2, 0) is 22.7 Å². The van der Waals surface area contributed by atoms with Crippen LogP contribution < -0.4 is 5.32 Å². The van der Waals surface area contributed by atoms with Crippen molar-refractivity contribution in [1.29, 1.82) is 0 Å². The zero-order valence-electron chi connectivity index (χ0n) is 21.1. The van der Waals surface area contributed by atoms with E-state index in [1.54, 1.807) is 18.0 Å². The summed E-state index contributed by atoms with van der Waals surface area (Å²) >= 11 is 0. The Bertz CT molecular complexity index is 1350. The maximum atomic E-state index is 12.7. The van der Waals surface area contributed by atoms with Gasteiger partial charge in [-0.1, -0.05) is 18.2 Å². The first kappa shape index (κ1) is 27.2. The summed E-state index contributed by atoms with van der Waals surface area (Å²) in [5.41, 5.74) is 4.09. The number of benzene rings is 1. The second kappa shape index (κ2) is 11.3. The maximum Gasteiger partial charge on any atom is 0.490 e. The highest BCUT2D eigenvalue weighted by atomic mass is 19.4. The number of carbonyl (C=O) groups is 2. The topological polar surface area (TPSA) is 98.9 Å². The monoisotopic (exact) mass is 530 g/mol. The number of carboxylic acid groups (broad SMARTS) is 1. The Labute approximate surface area is 217 Å². The third-order valence-electron chi connectivity index (χ3n) is 6.73. The highest BCUT2D eigenvalue weighted by Crippen LogP contribution is 2.28. The number of amides is 1. The Morgan fingerprint density at radius 1 is 1.32 bits per heavy atom. The smallest absolute Gasteiger partial charge is 0.475 e. The van der Waals surface area contributed by atoms with Gasteiger partial charge in [0.25, 0.3) is 0 Å². The number of carboxylic acids is 1. The van der Waals surface area contributed by atoms with E-state index in [0.29, 0.717) is 12.6 Å². The van der Waals surface area contributed by atoms with Crippen LogP contribution in [-0.4, -0.2) is 64.1 Å². The second-order valence-electron chi connectivity index (χ2n) is 9.40. The molecule has 0 saturated carbocycles. The molecule has 0 radical (unpaired) electrons. The lowest BCUT2D eigenvalue weighted by atomic mass is 10.1. The Kier molecular flexibility index (Phi) is 8.05. The Balaban J connectivity index is 0.000000426. The minimum atomic E-state index is -5.08. The standard InChI is InChI=1S/C25H28N4O2.C2HF3O2/c1-17-21-7-3-4-8-22(21)31-23(17)16-28(2)24(30)10-9-18-12-19-15-29-11-5-6-20(29)14-27-25(19)26-13-18;3-2(4,5)1(6)7/h3-4,7-10,12-13,20H,5-6,11,14-16H2,1-2H3,(H,26,27);(H,6,7)/b10-9+;/t20-;/m0./s1. The van der Waals surface area contributed by atoms with Crippen molar-refractivity contribution in [2.45, 2.75) is 45.1 Å². The van der Waals surface area contributed by atoms with Crippen LogP contribution in [0.2, 0.25) is 0 Å². The third kappa shape index (κ3) is 6.34. The van der Waals surface area contributed by atoms with Gasteiger partial charge in [-0.2, -0.15) is 13.2 Å². The molecule has 1 saturated heterocycles. The number of halogens is 3. The molecule has 0 spiro atoms. The molecule has 202 valence electrons. The predicted molar refractivity (Wildman–Crippen MR) is 136 cm³/mol. The minimum Gasteiger partial charge on any atom is -0.475 e. The van der Waals surface area contributed by atoms with Crippen molar-refractivity contribution in [1.82, 2.24) is 14.8 Å². The molecule has 2 aliphatic rings. The first-order chi connectivity index (χ1) is 18.0. The third-order valence-corrected chi connectivity index (χ3v) is 6.73. The molecule has 8 nitrogen and oxygen atoms in total. The van der Waals surface area contributed by atoms with Gasteiger partial charge in [0.1, 0.15) is 17.2 Å². The van der Waals surface area contributed by atoms with Gasteiger partial charge < -0.3 is 19.7 Å². The summed E-state index contributed by atoms with van der Waals surface area (Å²) in [6.45, 7) is 5.50.